The molecule has 0 aliphatic rings. The monoisotopic (exact) mass is 338 g/mol. The molecule has 1 N–H and O–H groups in total. The first-order valence-electron chi connectivity index (χ1n) is 4.12. The molecule has 0 radical (unpaired) electrons. The third-order valence-electron chi connectivity index (χ3n) is 2.19. The Morgan fingerprint density at radius 2 is 2.29 bits per heavy atom. The second kappa shape index (κ2) is 4.35. The molecule has 14 heavy (non-hydrogen) atoms. The van der Waals surface area contributed by atoms with Gasteiger partial charge in [0.15, 0.2) is 0 Å². The number of rotatable bonds is 2. The highest BCUT2D eigenvalue weighted by Crippen LogP contribution is 2.32. The maximum absolute atomic E-state index is 9.21. The number of hydrogen-bond acceptors (Lipinski definition) is 2. The molecule has 74 valence electrons. The maximum Gasteiger partial charge on any atom is 0.0685 e. The van der Waals surface area contributed by atoms with Crippen LogP contribution in [0.1, 0.15) is 11.1 Å². The van der Waals surface area contributed by atoms with E-state index in [-0.39, 0.29) is 6.61 Å². The topological polar surface area (TPSA) is 20.2 Å². The third kappa shape index (κ3) is 1.66. The Hall–Kier alpha value is 0.160. The molecule has 2 rings (SSSR count). The van der Waals surface area contributed by atoms with E-state index >= 15 is 0 Å². The van der Waals surface area contributed by atoms with Gasteiger partial charge >= 0.3 is 0 Å². The molecule has 1 aromatic carbocycles. The highest BCUT2D eigenvalue weighted by Gasteiger charge is 2.10. The van der Waals surface area contributed by atoms with Gasteiger partial charge in [0.25, 0.3) is 0 Å². The Kier molecular flexibility index (Phi) is 3.31. The van der Waals surface area contributed by atoms with Crippen molar-refractivity contribution in [3.63, 3.8) is 0 Å². The minimum Gasteiger partial charge on any atom is -0.392 e. The van der Waals surface area contributed by atoms with Crippen LogP contribution in [0, 0.1) is 3.57 Å². The van der Waals surface area contributed by atoms with Gasteiger partial charge in [0.1, 0.15) is 0 Å². The van der Waals surface area contributed by atoms with Crippen molar-refractivity contribution in [2.75, 3.05) is 0 Å². The predicted molar refractivity (Wildman–Crippen MR) is 70.0 cm³/mol. The minimum atomic E-state index is 0.0614. The number of halogens is 2. The zero-order valence-corrected chi connectivity index (χ0v) is 11.0. The van der Waals surface area contributed by atoms with Crippen LogP contribution >= 0.6 is 45.5 Å². The van der Waals surface area contributed by atoms with E-state index in [0.717, 1.165) is 11.1 Å². The van der Waals surface area contributed by atoms with Crippen LogP contribution in [-0.2, 0) is 12.5 Å². The molecule has 1 heterocycles. The molecule has 4 heteroatoms. The van der Waals surface area contributed by atoms with E-state index < -0.39 is 0 Å². The molecule has 0 bridgehead atoms. The van der Waals surface area contributed by atoms with Crippen molar-refractivity contribution < 1.29 is 5.11 Å². The van der Waals surface area contributed by atoms with Crippen LogP contribution in [0.4, 0.5) is 0 Å². The van der Waals surface area contributed by atoms with E-state index in [1.807, 2.05) is 6.07 Å². The summed E-state index contributed by atoms with van der Waals surface area (Å²) in [6.07, 6.45) is 0. The molecule has 0 spiro atoms. The number of alkyl halides is 1. The van der Waals surface area contributed by atoms with Crippen molar-refractivity contribution in [2.24, 2.45) is 0 Å². The average Bonchev–Trinajstić information content (AvgIpc) is 2.66. The number of thiophene rings is 1. The molecular formula is C10H8ClIOS. The molecule has 0 saturated carbocycles. The quantitative estimate of drug-likeness (QED) is 0.653. The second-order valence-corrected chi connectivity index (χ2v) is 5.30. The van der Waals surface area contributed by atoms with Crippen LogP contribution in [0.2, 0.25) is 0 Å². The Balaban J connectivity index is 2.82. The van der Waals surface area contributed by atoms with Gasteiger partial charge in [-0.1, -0.05) is 0 Å². The summed E-state index contributed by atoms with van der Waals surface area (Å²) in [7, 11) is 0. The Morgan fingerprint density at radius 1 is 1.50 bits per heavy atom. The normalized spacial score (nSPS) is 11.1. The van der Waals surface area contributed by atoms with Crippen molar-refractivity contribution in [1.82, 2.24) is 0 Å². The molecule has 2 aromatic rings. The molecule has 0 unspecified atom stereocenters. The van der Waals surface area contributed by atoms with Gasteiger partial charge in [-0.15, -0.1) is 22.9 Å². The van der Waals surface area contributed by atoms with Crippen molar-refractivity contribution in [2.45, 2.75) is 12.5 Å². The van der Waals surface area contributed by atoms with Gasteiger partial charge in [-0.25, -0.2) is 0 Å². The lowest BCUT2D eigenvalue weighted by Crippen LogP contribution is -1.93. The molecule has 0 amide bonds. The SMILES string of the molecule is OCc1cc(I)c2ccsc2c1CCl. The summed E-state index contributed by atoms with van der Waals surface area (Å²) in [6.45, 7) is 0.0614. The highest BCUT2D eigenvalue weighted by atomic mass is 127. The van der Waals surface area contributed by atoms with Gasteiger partial charge in [-0.2, -0.15) is 0 Å². The van der Waals surface area contributed by atoms with Gasteiger partial charge in [0.05, 0.1) is 6.61 Å². The van der Waals surface area contributed by atoms with Crippen LogP contribution in [0.3, 0.4) is 0 Å². The zero-order valence-electron chi connectivity index (χ0n) is 7.26. The van der Waals surface area contributed by atoms with Gasteiger partial charge in [-0.3, -0.25) is 0 Å². The Morgan fingerprint density at radius 3 is 2.93 bits per heavy atom. The van der Waals surface area contributed by atoms with Gasteiger partial charge in [-0.05, 0) is 51.2 Å². The van der Waals surface area contributed by atoms with Crippen LogP contribution < -0.4 is 0 Å². The minimum absolute atomic E-state index is 0.0614. The number of aliphatic hydroxyl groups excluding tert-OH is 1. The first-order valence-corrected chi connectivity index (χ1v) is 6.61. The summed E-state index contributed by atoms with van der Waals surface area (Å²) in [5.74, 6) is 0.462. The van der Waals surface area contributed by atoms with E-state index in [2.05, 4.69) is 34.0 Å². The van der Waals surface area contributed by atoms with Crippen LogP contribution in [-0.4, -0.2) is 5.11 Å². The molecular weight excluding hydrogens is 331 g/mol. The summed E-state index contributed by atoms with van der Waals surface area (Å²) in [4.78, 5) is 0. The number of hydrogen-bond donors (Lipinski definition) is 1. The summed E-state index contributed by atoms with van der Waals surface area (Å²) in [6, 6.07) is 4.10. The molecule has 0 aliphatic heterocycles. The van der Waals surface area contributed by atoms with Crippen molar-refractivity contribution in [3.05, 3.63) is 32.2 Å². The number of benzene rings is 1. The van der Waals surface area contributed by atoms with Crippen molar-refractivity contribution >= 4 is 55.6 Å². The first-order chi connectivity index (χ1) is 6.77. The smallest absolute Gasteiger partial charge is 0.0685 e. The summed E-state index contributed by atoms with van der Waals surface area (Å²) in [5, 5.41) is 12.5. The number of aliphatic hydroxyl groups is 1. The Bertz CT molecular complexity index is 466. The van der Waals surface area contributed by atoms with Crippen molar-refractivity contribution in [1.29, 1.82) is 0 Å². The van der Waals surface area contributed by atoms with E-state index in [0.29, 0.717) is 5.88 Å². The number of fused-ring (bicyclic) bond motifs is 1. The second-order valence-electron chi connectivity index (χ2n) is 2.95. The largest absolute Gasteiger partial charge is 0.392 e. The predicted octanol–water partition coefficient (Wildman–Crippen LogP) is 3.74. The van der Waals surface area contributed by atoms with Crippen molar-refractivity contribution in [3.8, 4) is 0 Å². The lowest BCUT2D eigenvalue weighted by Gasteiger charge is -2.07. The lowest BCUT2D eigenvalue weighted by atomic mass is 10.1. The highest BCUT2D eigenvalue weighted by molar-refractivity contribution is 14.1. The molecule has 1 aromatic heterocycles. The van der Waals surface area contributed by atoms with Gasteiger partial charge < -0.3 is 5.11 Å². The summed E-state index contributed by atoms with van der Waals surface area (Å²) < 4.78 is 2.38. The Labute approximate surface area is 105 Å². The summed E-state index contributed by atoms with van der Waals surface area (Å²) in [5.41, 5.74) is 2.01. The zero-order chi connectivity index (χ0) is 10.1. The van der Waals surface area contributed by atoms with Crippen LogP contribution in [0.25, 0.3) is 10.1 Å². The van der Waals surface area contributed by atoms with E-state index in [1.54, 1.807) is 11.3 Å². The molecule has 0 fully saturated rings. The fourth-order valence-corrected chi connectivity index (χ4v) is 3.87. The molecule has 1 nitrogen and oxygen atoms in total. The first kappa shape index (κ1) is 10.7. The maximum atomic E-state index is 9.21. The third-order valence-corrected chi connectivity index (χ3v) is 4.32. The lowest BCUT2D eigenvalue weighted by molar-refractivity contribution is 0.281. The van der Waals surface area contributed by atoms with Gasteiger partial charge in [0, 0.05) is 19.5 Å². The molecule has 0 saturated heterocycles. The van der Waals surface area contributed by atoms with E-state index in [9.17, 15) is 5.11 Å². The standard InChI is InChI=1S/C10H8ClIOS/c11-4-8-6(5-13)3-9(12)7-1-2-14-10(7)8/h1-3,13H,4-5H2. The van der Waals surface area contributed by atoms with Gasteiger partial charge in [0.2, 0.25) is 0 Å². The summed E-state index contributed by atoms with van der Waals surface area (Å²) >= 11 is 9.86. The fourth-order valence-electron chi connectivity index (χ4n) is 1.48. The van der Waals surface area contributed by atoms with E-state index in [1.165, 1.54) is 13.7 Å². The van der Waals surface area contributed by atoms with Crippen LogP contribution in [0.5, 0.6) is 0 Å². The molecule has 0 aliphatic carbocycles. The fraction of sp³-hybridized carbons (Fsp3) is 0.200. The average molecular weight is 339 g/mol. The molecule has 0 atom stereocenters. The van der Waals surface area contributed by atoms with E-state index in [4.69, 9.17) is 11.6 Å². The van der Waals surface area contributed by atoms with Crippen LogP contribution in [0.15, 0.2) is 17.5 Å².